The van der Waals surface area contributed by atoms with Gasteiger partial charge in [0.25, 0.3) is 0 Å². The van der Waals surface area contributed by atoms with Crippen LogP contribution in [-0.4, -0.2) is 34.4 Å². The van der Waals surface area contributed by atoms with Crippen molar-refractivity contribution in [1.29, 1.82) is 0 Å². The van der Waals surface area contributed by atoms with Crippen molar-refractivity contribution in [1.82, 2.24) is 9.97 Å². The fourth-order valence-corrected chi connectivity index (χ4v) is 1.24. The summed E-state index contributed by atoms with van der Waals surface area (Å²) < 4.78 is 0. The first-order valence-corrected chi connectivity index (χ1v) is 4.99. The molecule has 6 heteroatoms. The predicted molar refractivity (Wildman–Crippen MR) is 63.6 cm³/mol. The lowest BCUT2D eigenvalue weighted by Crippen LogP contribution is -2.21. The minimum absolute atomic E-state index is 0.202. The fourth-order valence-electron chi connectivity index (χ4n) is 1.24. The molecule has 0 aliphatic rings. The second-order valence-electron chi connectivity index (χ2n) is 3.57. The molecule has 0 saturated carbocycles. The number of nitrogens with two attached hydrogens (primary N) is 1. The summed E-state index contributed by atoms with van der Waals surface area (Å²) in [6.45, 7) is 4.85. The van der Waals surface area contributed by atoms with Gasteiger partial charge in [0.05, 0.1) is 6.33 Å². The second kappa shape index (κ2) is 5.74. The van der Waals surface area contributed by atoms with Gasteiger partial charge in [0.2, 0.25) is 5.91 Å². The molecular formula is C11H14N4O2. The van der Waals surface area contributed by atoms with Gasteiger partial charge in [0.1, 0.15) is 6.04 Å². The van der Waals surface area contributed by atoms with Gasteiger partial charge in [-0.15, -0.1) is 0 Å². The average Bonchev–Trinajstić information content (AvgIpc) is 2.78. The summed E-state index contributed by atoms with van der Waals surface area (Å²) >= 11 is 0. The van der Waals surface area contributed by atoms with Gasteiger partial charge in [-0.1, -0.05) is 0 Å². The van der Waals surface area contributed by atoms with Crippen molar-refractivity contribution >= 4 is 18.4 Å². The van der Waals surface area contributed by atoms with Crippen LogP contribution in [0.1, 0.15) is 12.6 Å². The molecule has 0 unspecified atom stereocenters. The Labute approximate surface area is 98.6 Å². The van der Waals surface area contributed by atoms with Gasteiger partial charge in [0, 0.05) is 23.9 Å². The van der Waals surface area contributed by atoms with E-state index in [0.29, 0.717) is 6.42 Å². The molecule has 1 aromatic heterocycles. The number of ketones is 1. The Kier molecular flexibility index (Phi) is 4.33. The number of primary amides is 1. The maximum Gasteiger partial charge on any atom is 0.244 e. The molecule has 0 fully saturated rings. The smallest absolute Gasteiger partial charge is 0.244 e. The maximum atomic E-state index is 11.8. The molecular weight excluding hydrogens is 220 g/mol. The van der Waals surface area contributed by atoms with Crippen molar-refractivity contribution in [3.63, 3.8) is 0 Å². The molecule has 17 heavy (non-hydrogen) atoms. The number of carbonyl (C=O) groups excluding carboxylic acids is 2. The van der Waals surface area contributed by atoms with Crippen molar-refractivity contribution in [3.8, 4) is 0 Å². The highest BCUT2D eigenvalue weighted by atomic mass is 16.1. The zero-order valence-electron chi connectivity index (χ0n) is 9.51. The zero-order valence-corrected chi connectivity index (χ0v) is 9.51. The molecule has 3 N–H and O–H groups in total. The quantitative estimate of drug-likeness (QED) is 0.536. The number of aliphatic imine (C=N–C) groups is 1. The molecule has 0 saturated heterocycles. The lowest BCUT2D eigenvalue weighted by Gasteiger charge is -2.06. The minimum atomic E-state index is -0.634. The van der Waals surface area contributed by atoms with Gasteiger partial charge in [-0.2, -0.15) is 0 Å². The number of hydrogen-bond acceptors (Lipinski definition) is 4. The number of H-pyrrole nitrogens is 1. The number of aromatic nitrogens is 2. The lowest BCUT2D eigenvalue weighted by molar-refractivity contribution is -0.117. The molecule has 0 aromatic carbocycles. The molecule has 1 heterocycles. The van der Waals surface area contributed by atoms with E-state index in [2.05, 4.69) is 21.7 Å². The van der Waals surface area contributed by atoms with Crippen molar-refractivity contribution in [2.24, 2.45) is 10.7 Å². The number of nitrogens with zero attached hydrogens (tertiary/aromatic N) is 2. The zero-order chi connectivity index (χ0) is 12.8. The van der Waals surface area contributed by atoms with Crippen LogP contribution in [0.15, 0.2) is 29.2 Å². The fraction of sp³-hybridized carbons (Fsp3) is 0.273. The van der Waals surface area contributed by atoms with E-state index in [1.807, 2.05) is 0 Å². The standard InChI is InChI=1S/C11H14N4O2/c1-7(11(12)17)3-10(16)9(13-2)4-8-5-14-6-15-8/h3,5-6,9H,2,4H2,1H3,(H2,12,17)(H,14,15)/t9-/m0/s1. The van der Waals surface area contributed by atoms with Gasteiger partial charge >= 0.3 is 0 Å². The summed E-state index contributed by atoms with van der Waals surface area (Å²) in [7, 11) is 0. The van der Waals surface area contributed by atoms with Crippen LogP contribution in [0.2, 0.25) is 0 Å². The number of amides is 1. The highest BCUT2D eigenvalue weighted by Crippen LogP contribution is 2.05. The van der Waals surface area contributed by atoms with E-state index in [0.717, 1.165) is 5.69 Å². The van der Waals surface area contributed by atoms with Gasteiger partial charge < -0.3 is 10.7 Å². The molecule has 1 aromatic rings. The number of hydrogen-bond donors (Lipinski definition) is 2. The molecule has 90 valence electrons. The SMILES string of the molecule is C=N[C@@H](Cc1cnc[nH]1)C(=O)C=C(C)C(N)=O. The molecule has 1 rings (SSSR count). The maximum absolute atomic E-state index is 11.8. The highest BCUT2D eigenvalue weighted by Gasteiger charge is 2.16. The van der Waals surface area contributed by atoms with E-state index in [1.165, 1.54) is 19.3 Å². The summed E-state index contributed by atoms with van der Waals surface area (Å²) in [5.41, 5.74) is 6.02. The van der Waals surface area contributed by atoms with Crippen LogP contribution < -0.4 is 5.73 Å². The minimum Gasteiger partial charge on any atom is -0.366 e. The Morgan fingerprint density at radius 2 is 2.41 bits per heavy atom. The van der Waals surface area contributed by atoms with Gasteiger partial charge in [-0.25, -0.2) is 4.98 Å². The summed E-state index contributed by atoms with van der Waals surface area (Å²) in [4.78, 5) is 33.0. The normalized spacial score (nSPS) is 13.1. The van der Waals surface area contributed by atoms with E-state index in [1.54, 1.807) is 6.20 Å². The van der Waals surface area contributed by atoms with Crippen molar-refractivity contribution in [2.45, 2.75) is 19.4 Å². The van der Waals surface area contributed by atoms with Gasteiger partial charge in [-0.3, -0.25) is 14.6 Å². The third-order valence-electron chi connectivity index (χ3n) is 2.26. The number of imidazole rings is 1. The Balaban J connectivity index is 2.74. The van der Waals surface area contributed by atoms with Crippen LogP contribution in [0, 0.1) is 0 Å². The summed E-state index contributed by atoms with van der Waals surface area (Å²) in [6.07, 6.45) is 4.68. The van der Waals surface area contributed by atoms with E-state index >= 15 is 0 Å². The molecule has 0 aliphatic carbocycles. The van der Waals surface area contributed by atoms with Crippen molar-refractivity contribution in [3.05, 3.63) is 29.9 Å². The average molecular weight is 234 g/mol. The summed E-state index contributed by atoms with van der Waals surface area (Å²) in [5.74, 6) is -0.923. The second-order valence-corrected chi connectivity index (χ2v) is 3.57. The van der Waals surface area contributed by atoms with Crippen LogP contribution in [0.25, 0.3) is 0 Å². The molecule has 0 spiro atoms. The number of aromatic amines is 1. The topological polar surface area (TPSA) is 101 Å². The van der Waals surface area contributed by atoms with E-state index in [-0.39, 0.29) is 11.4 Å². The molecule has 0 bridgehead atoms. The highest BCUT2D eigenvalue weighted by molar-refractivity contribution is 6.03. The van der Waals surface area contributed by atoms with Crippen LogP contribution >= 0.6 is 0 Å². The molecule has 1 atom stereocenters. The Morgan fingerprint density at radius 3 is 2.88 bits per heavy atom. The first-order chi connectivity index (χ1) is 8.04. The van der Waals surface area contributed by atoms with E-state index < -0.39 is 11.9 Å². The Morgan fingerprint density at radius 1 is 1.71 bits per heavy atom. The largest absolute Gasteiger partial charge is 0.366 e. The molecule has 0 aliphatic heterocycles. The predicted octanol–water partition coefficient (Wildman–Crippen LogP) is 0.0221. The Hall–Kier alpha value is -2.24. The molecule has 1 amide bonds. The molecule has 0 radical (unpaired) electrons. The van der Waals surface area contributed by atoms with Gasteiger partial charge in [0.15, 0.2) is 5.78 Å². The van der Waals surface area contributed by atoms with E-state index in [9.17, 15) is 9.59 Å². The first kappa shape index (κ1) is 12.8. The van der Waals surface area contributed by atoms with E-state index in [4.69, 9.17) is 5.73 Å². The van der Waals surface area contributed by atoms with Crippen molar-refractivity contribution in [2.75, 3.05) is 0 Å². The number of rotatable bonds is 6. The van der Waals surface area contributed by atoms with Gasteiger partial charge in [-0.05, 0) is 19.7 Å². The van der Waals surface area contributed by atoms with Crippen LogP contribution in [-0.2, 0) is 16.0 Å². The Bertz CT molecular complexity index is 448. The lowest BCUT2D eigenvalue weighted by atomic mass is 10.1. The van der Waals surface area contributed by atoms with Crippen LogP contribution in [0.3, 0.4) is 0 Å². The van der Waals surface area contributed by atoms with Crippen LogP contribution in [0.4, 0.5) is 0 Å². The number of carbonyl (C=O) groups is 2. The third kappa shape index (κ3) is 3.67. The monoisotopic (exact) mass is 234 g/mol. The third-order valence-corrected chi connectivity index (χ3v) is 2.26. The number of nitrogens with one attached hydrogen (secondary N) is 1. The molecule has 6 nitrogen and oxygen atoms in total. The summed E-state index contributed by atoms with van der Waals surface area (Å²) in [6, 6.07) is -0.634. The van der Waals surface area contributed by atoms with Crippen LogP contribution in [0.5, 0.6) is 0 Å². The van der Waals surface area contributed by atoms with Crippen molar-refractivity contribution < 1.29 is 9.59 Å². The summed E-state index contributed by atoms with van der Waals surface area (Å²) in [5, 5.41) is 0. The first-order valence-electron chi connectivity index (χ1n) is 4.99.